The Morgan fingerprint density at radius 2 is 1.91 bits per heavy atom. The summed E-state index contributed by atoms with van der Waals surface area (Å²) in [6, 6.07) is 16.4. The number of piperidine rings is 1. The van der Waals surface area contributed by atoms with Crippen LogP contribution in [0.4, 0.5) is 5.69 Å². The van der Waals surface area contributed by atoms with E-state index in [1.807, 2.05) is 55.7 Å². The Morgan fingerprint density at radius 1 is 1.09 bits per heavy atom. The Bertz CT molecular complexity index is 1370. The minimum Gasteiger partial charge on any atom is -0.439 e. The van der Waals surface area contributed by atoms with Crippen molar-refractivity contribution in [1.82, 2.24) is 19.3 Å². The van der Waals surface area contributed by atoms with Gasteiger partial charge in [0, 0.05) is 55.7 Å². The van der Waals surface area contributed by atoms with Gasteiger partial charge in [-0.25, -0.2) is 18.4 Å². The molecule has 34 heavy (non-hydrogen) atoms. The van der Waals surface area contributed by atoms with E-state index in [4.69, 9.17) is 4.74 Å². The van der Waals surface area contributed by atoms with E-state index < -0.39 is 10.0 Å². The summed E-state index contributed by atoms with van der Waals surface area (Å²) in [6.45, 7) is 3.06. The zero-order valence-electron chi connectivity index (χ0n) is 19.1. The Kier molecular flexibility index (Phi) is 5.97. The number of rotatable bonds is 6. The van der Waals surface area contributed by atoms with Crippen molar-refractivity contribution in [2.75, 3.05) is 25.0 Å². The van der Waals surface area contributed by atoms with E-state index >= 15 is 0 Å². The number of hydrogen-bond donors (Lipinski definition) is 1. The fraction of sp³-hybridized carbons (Fsp3) is 0.280. The van der Waals surface area contributed by atoms with Gasteiger partial charge in [-0.2, -0.15) is 4.31 Å². The first-order valence-electron chi connectivity index (χ1n) is 11.3. The van der Waals surface area contributed by atoms with E-state index in [0.29, 0.717) is 30.6 Å². The largest absolute Gasteiger partial charge is 0.439 e. The van der Waals surface area contributed by atoms with Crippen LogP contribution in [0.2, 0.25) is 0 Å². The Labute approximate surface area is 199 Å². The first-order valence-corrected chi connectivity index (χ1v) is 12.7. The fourth-order valence-electron chi connectivity index (χ4n) is 4.51. The van der Waals surface area contributed by atoms with Gasteiger partial charge in [0.1, 0.15) is 16.3 Å². The number of aromatic nitrogens is 3. The number of benzene rings is 1. The van der Waals surface area contributed by atoms with Crippen molar-refractivity contribution in [3.63, 3.8) is 0 Å². The molecule has 0 spiro atoms. The van der Waals surface area contributed by atoms with Gasteiger partial charge >= 0.3 is 0 Å². The van der Waals surface area contributed by atoms with Gasteiger partial charge in [-0.3, -0.25) is 0 Å². The zero-order chi connectivity index (χ0) is 23.7. The lowest BCUT2D eigenvalue weighted by Crippen LogP contribution is -2.52. The highest BCUT2D eigenvalue weighted by atomic mass is 32.2. The lowest BCUT2D eigenvalue weighted by Gasteiger charge is -2.42. The van der Waals surface area contributed by atoms with Crippen molar-refractivity contribution in [1.29, 1.82) is 0 Å². The van der Waals surface area contributed by atoms with Crippen molar-refractivity contribution < 1.29 is 13.2 Å². The van der Waals surface area contributed by atoms with Crippen LogP contribution < -0.4 is 9.64 Å². The van der Waals surface area contributed by atoms with Crippen LogP contribution in [-0.4, -0.2) is 53.9 Å². The summed E-state index contributed by atoms with van der Waals surface area (Å²) in [4.78, 5) is 14.1. The molecule has 4 aromatic rings. The number of hydrogen-bond acceptors (Lipinski definition) is 6. The molecule has 1 aliphatic rings. The smallest absolute Gasteiger partial charge is 0.244 e. The van der Waals surface area contributed by atoms with Gasteiger partial charge in [0.15, 0.2) is 0 Å². The molecule has 8 nitrogen and oxygen atoms in total. The van der Waals surface area contributed by atoms with Crippen LogP contribution in [0.5, 0.6) is 11.6 Å². The third-order valence-electron chi connectivity index (χ3n) is 6.51. The topological polar surface area (TPSA) is 91.4 Å². The number of para-hydroxylation sites is 1. The van der Waals surface area contributed by atoms with Gasteiger partial charge in [0.25, 0.3) is 0 Å². The van der Waals surface area contributed by atoms with Crippen molar-refractivity contribution in [3.05, 3.63) is 73.2 Å². The second-order valence-electron chi connectivity index (χ2n) is 8.62. The number of nitrogens with zero attached hydrogens (tertiary/aromatic N) is 4. The van der Waals surface area contributed by atoms with Crippen molar-refractivity contribution in [2.45, 2.75) is 24.3 Å². The van der Waals surface area contributed by atoms with Gasteiger partial charge in [0.05, 0.1) is 6.20 Å². The minimum atomic E-state index is -3.69. The molecule has 1 saturated heterocycles. The predicted molar refractivity (Wildman–Crippen MR) is 132 cm³/mol. The molecule has 9 heteroatoms. The number of H-pyrrole nitrogens is 1. The summed E-state index contributed by atoms with van der Waals surface area (Å²) in [5.41, 5.74) is 1.85. The third-order valence-corrected chi connectivity index (χ3v) is 8.36. The number of anilines is 1. The summed E-state index contributed by atoms with van der Waals surface area (Å²) in [5.74, 6) is 1.33. The van der Waals surface area contributed by atoms with Crippen molar-refractivity contribution in [3.8, 4) is 11.6 Å². The van der Waals surface area contributed by atoms with E-state index in [1.54, 1.807) is 22.6 Å². The normalized spacial score (nSPS) is 19.2. The van der Waals surface area contributed by atoms with E-state index in [2.05, 4.69) is 26.8 Å². The maximum Gasteiger partial charge on any atom is 0.244 e. The van der Waals surface area contributed by atoms with Crippen molar-refractivity contribution in [2.24, 2.45) is 5.92 Å². The predicted octanol–water partition coefficient (Wildman–Crippen LogP) is 4.29. The van der Waals surface area contributed by atoms with Crippen LogP contribution in [0, 0.1) is 5.92 Å². The SMILES string of the molecule is C[C@@H]1CCN(S(=O)(=O)c2ccc(Oc3ccccc3)nc2)C[C@@H]1N(C)c1ccnc2[nH]ccc12. The summed E-state index contributed by atoms with van der Waals surface area (Å²) in [7, 11) is -1.66. The minimum absolute atomic E-state index is 0.0256. The Balaban J connectivity index is 1.35. The highest BCUT2D eigenvalue weighted by molar-refractivity contribution is 7.89. The van der Waals surface area contributed by atoms with Crippen LogP contribution in [-0.2, 0) is 10.0 Å². The van der Waals surface area contributed by atoms with Crippen LogP contribution in [0.1, 0.15) is 13.3 Å². The Hall–Kier alpha value is -3.43. The summed E-state index contributed by atoms with van der Waals surface area (Å²) in [6.07, 6.45) is 5.79. The number of sulfonamides is 1. The highest BCUT2D eigenvalue weighted by Crippen LogP contribution is 2.32. The first-order chi connectivity index (χ1) is 16.4. The molecule has 3 aromatic heterocycles. The molecule has 1 aromatic carbocycles. The molecule has 0 unspecified atom stereocenters. The zero-order valence-corrected chi connectivity index (χ0v) is 19.9. The number of ether oxygens (including phenoxy) is 1. The molecule has 0 radical (unpaired) electrons. The highest BCUT2D eigenvalue weighted by Gasteiger charge is 2.36. The number of pyridine rings is 2. The molecule has 0 aliphatic carbocycles. The van der Waals surface area contributed by atoms with Crippen molar-refractivity contribution >= 4 is 26.7 Å². The molecule has 2 atom stereocenters. The van der Waals surface area contributed by atoms with Crippen LogP contribution in [0.3, 0.4) is 0 Å². The first kappa shape index (κ1) is 22.4. The van der Waals surface area contributed by atoms with E-state index in [0.717, 1.165) is 23.1 Å². The second kappa shape index (κ2) is 9.08. The van der Waals surface area contributed by atoms with Gasteiger partial charge in [-0.1, -0.05) is 25.1 Å². The molecule has 4 heterocycles. The van der Waals surface area contributed by atoms with Gasteiger partial charge in [0.2, 0.25) is 15.9 Å². The molecular weight excluding hydrogens is 450 g/mol. The number of fused-ring (bicyclic) bond motifs is 1. The third kappa shape index (κ3) is 4.24. The van der Waals surface area contributed by atoms with Crippen LogP contribution in [0.15, 0.2) is 78.1 Å². The lowest BCUT2D eigenvalue weighted by atomic mass is 9.93. The Morgan fingerprint density at radius 3 is 2.68 bits per heavy atom. The quantitative estimate of drug-likeness (QED) is 0.446. The van der Waals surface area contributed by atoms with Crippen LogP contribution in [0.25, 0.3) is 11.0 Å². The molecule has 0 amide bonds. The standard InChI is InChI=1S/C25H27N5O3S/c1-18-12-15-30(17-23(18)29(2)22-11-14-27-25-21(22)10-13-26-25)34(31,32)20-8-9-24(28-16-20)33-19-6-4-3-5-7-19/h3-11,13-14,16,18,23H,12,15,17H2,1-2H3,(H,26,27)/t18-,23+/m1/s1. The van der Waals surface area contributed by atoms with E-state index in [1.165, 1.54) is 6.20 Å². The number of likely N-dealkylation sites (N-methyl/N-ethyl adjacent to an activating group) is 1. The fourth-order valence-corrected chi connectivity index (χ4v) is 5.93. The number of nitrogens with one attached hydrogen (secondary N) is 1. The lowest BCUT2D eigenvalue weighted by molar-refractivity contribution is 0.247. The molecule has 176 valence electrons. The number of aromatic amines is 1. The maximum atomic E-state index is 13.5. The summed E-state index contributed by atoms with van der Waals surface area (Å²) >= 11 is 0. The van der Waals surface area contributed by atoms with Crippen LogP contribution >= 0.6 is 0 Å². The molecule has 1 aliphatic heterocycles. The monoisotopic (exact) mass is 477 g/mol. The molecule has 1 N–H and O–H groups in total. The van der Waals surface area contributed by atoms with Gasteiger partial charge in [-0.05, 0) is 42.7 Å². The van der Waals surface area contributed by atoms with E-state index in [-0.39, 0.29) is 10.9 Å². The molecule has 1 fully saturated rings. The van der Waals surface area contributed by atoms with E-state index in [9.17, 15) is 8.42 Å². The summed E-state index contributed by atoms with van der Waals surface area (Å²) < 4.78 is 34.2. The summed E-state index contributed by atoms with van der Waals surface area (Å²) in [5, 5.41) is 1.02. The average molecular weight is 478 g/mol. The molecular formula is C25H27N5O3S. The van der Waals surface area contributed by atoms with Gasteiger partial charge in [-0.15, -0.1) is 0 Å². The molecule has 0 bridgehead atoms. The molecule has 5 rings (SSSR count). The average Bonchev–Trinajstić information content (AvgIpc) is 3.34. The second-order valence-corrected chi connectivity index (χ2v) is 10.6. The molecule has 0 saturated carbocycles. The maximum absolute atomic E-state index is 13.5. The van der Waals surface area contributed by atoms with Gasteiger partial charge < -0.3 is 14.6 Å².